The van der Waals surface area contributed by atoms with Gasteiger partial charge in [-0.2, -0.15) is 0 Å². The van der Waals surface area contributed by atoms with Gasteiger partial charge in [-0.15, -0.1) is 0 Å². The molecule has 2 atom stereocenters. The standard InChI is InChI=1S/C21H26ClNO5/c1-21(2,3)28-18-10-9-15(11-16(18)22)19(25)17(12-24)23-20(26)27-13-14-7-5-4-6-8-14/h4-11,17,19,24-25H,12-13H2,1-3H3,(H,23,26)/t17-,19-/m1/s1. The minimum Gasteiger partial charge on any atom is -0.487 e. The van der Waals surface area contributed by atoms with Crippen LogP contribution in [0.3, 0.4) is 0 Å². The Kier molecular flexibility index (Phi) is 7.69. The van der Waals surface area contributed by atoms with Crippen molar-refractivity contribution in [2.24, 2.45) is 0 Å². The summed E-state index contributed by atoms with van der Waals surface area (Å²) in [5, 5.41) is 22.9. The summed E-state index contributed by atoms with van der Waals surface area (Å²) in [5.41, 5.74) is 0.857. The highest BCUT2D eigenvalue weighted by atomic mass is 35.5. The van der Waals surface area contributed by atoms with E-state index in [2.05, 4.69) is 5.32 Å². The second-order valence-corrected chi connectivity index (χ2v) is 7.75. The van der Waals surface area contributed by atoms with Gasteiger partial charge in [0.25, 0.3) is 0 Å². The number of nitrogens with one attached hydrogen (secondary N) is 1. The molecule has 0 bridgehead atoms. The van der Waals surface area contributed by atoms with Gasteiger partial charge < -0.3 is 25.0 Å². The van der Waals surface area contributed by atoms with Crippen LogP contribution in [-0.4, -0.2) is 34.6 Å². The number of halogens is 1. The molecule has 0 unspecified atom stereocenters. The highest BCUT2D eigenvalue weighted by molar-refractivity contribution is 6.32. The quantitative estimate of drug-likeness (QED) is 0.649. The average Bonchev–Trinajstić information content (AvgIpc) is 2.65. The first-order valence-electron chi connectivity index (χ1n) is 8.94. The first-order valence-corrected chi connectivity index (χ1v) is 9.32. The molecule has 7 heteroatoms. The molecule has 0 aromatic heterocycles. The van der Waals surface area contributed by atoms with Gasteiger partial charge in [0.2, 0.25) is 0 Å². The molecule has 0 aliphatic rings. The van der Waals surface area contributed by atoms with Crippen molar-refractivity contribution in [1.29, 1.82) is 0 Å². The topological polar surface area (TPSA) is 88.0 Å². The summed E-state index contributed by atoms with van der Waals surface area (Å²) in [4.78, 5) is 12.0. The number of aliphatic hydroxyl groups excluding tert-OH is 2. The number of aliphatic hydroxyl groups is 2. The molecule has 0 spiro atoms. The predicted octanol–water partition coefficient (Wildman–Crippen LogP) is 3.84. The zero-order valence-corrected chi connectivity index (χ0v) is 16.9. The molecule has 2 aromatic carbocycles. The van der Waals surface area contributed by atoms with Crippen LogP contribution in [0.2, 0.25) is 5.02 Å². The summed E-state index contributed by atoms with van der Waals surface area (Å²) in [6.45, 7) is 5.32. The number of amides is 1. The van der Waals surface area contributed by atoms with E-state index in [1.165, 1.54) is 0 Å². The maximum atomic E-state index is 12.0. The molecule has 0 aliphatic heterocycles. The average molecular weight is 408 g/mol. The summed E-state index contributed by atoms with van der Waals surface area (Å²) in [6, 6.07) is 13.1. The van der Waals surface area contributed by atoms with E-state index in [4.69, 9.17) is 21.1 Å². The maximum absolute atomic E-state index is 12.0. The second-order valence-electron chi connectivity index (χ2n) is 7.34. The van der Waals surface area contributed by atoms with Crippen molar-refractivity contribution in [3.8, 4) is 5.75 Å². The van der Waals surface area contributed by atoms with Crippen molar-refractivity contribution < 1.29 is 24.5 Å². The van der Waals surface area contributed by atoms with Gasteiger partial charge in [0.05, 0.1) is 17.7 Å². The summed E-state index contributed by atoms with van der Waals surface area (Å²) in [7, 11) is 0. The van der Waals surface area contributed by atoms with Gasteiger partial charge in [-0.05, 0) is 44.0 Å². The van der Waals surface area contributed by atoms with Crippen LogP contribution in [0, 0.1) is 0 Å². The van der Waals surface area contributed by atoms with E-state index < -0.39 is 30.4 Å². The van der Waals surface area contributed by atoms with Gasteiger partial charge in [0.15, 0.2) is 0 Å². The lowest BCUT2D eigenvalue weighted by Gasteiger charge is -2.24. The third-order valence-electron chi connectivity index (χ3n) is 3.81. The number of carbonyl (C=O) groups is 1. The largest absolute Gasteiger partial charge is 0.487 e. The summed E-state index contributed by atoms with van der Waals surface area (Å²) in [5.74, 6) is 0.487. The Morgan fingerprint density at radius 2 is 1.86 bits per heavy atom. The van der Waals surface area contributed by atoms with Crippen LogP contribution in [0.15, 0.2) is 48.5 Å². The molecule has 0 heterocycles. The highest BCUT2D eigenvalue weighted by Gasteiger charge is 2.24. The Balaban J connectivity index is 1.99. The van der Waals surface area contributed by atoms with Crippen LogP contribution in [0.25, 0.3) is 0 Å². The van der Waals surface area contributed by atoms with Crippen LogP contribution < -0.4 is 10.1 Å². The molecular weight excluding hydrogens is 382 g/mol. The van der Waals surface area contributed by atoms with Crippen molar-refractivity contribution in [2.75, 3.05) is 6.61 Å². The number of hydrogen-bond donors (Lipinski definition) is 3. The lowest BCUT2D eigenvalue weighted by molar-refractivity contribution is 0.0762. The lowest BCUT2D eigenvalue weighted by Crippen LogP contribution is -2.42. The van der Waals surface area contributed by atoms with Gasteiger partial charge in [-0.3, -0.25) is 0 Å². The van der Waals surface area contributed by atoms with Crippen LogP contribution in [0.5, 0.6) is 5.75 Å². The Bertz CT molecular complexity index is 776. The van der Waals surface area contributed by atoms with Gasteiger partial charge in [-0.25, -0.2) is 4.79 Å². The minimum atomic E-state index is -1.17. The van der Waals surface area contributed by atoms with Crippen LogP contribution >= 0.6 is 11.6 Å². The fourth-order valence-corrected chi connectivity index (χ4v) is 2.71. The van der Waals surface area contributed by atoms with Crippen molar-refractivity contribution >= 4 is 17.7 Å². The zero-order valence-electron chi connectivity index (χ0n) is 16.2. The number of rotatable bonds is 7. The summed E-state index contributed by atoms with van der Waals surface area (Å²) >= 11 is 6.24. The smallest absolute Gasteiger partial charge is 0.407 e. The Labute approximate surface area is 170 Å². The first-order chi connectivity index (χ1) is 13.2. The number of alkyl carbamates (subject to hydrolysis) is 1. The van der Waals surface area contributed by atoms with E-state index in [0.717, 1.165) is 5.56 Å². The Hall–Kier alpha value is -2.28. The zero-order chi connectivity index (χ0) is 20.7. The molecule has 152 valence electrons. The molecule has 0 aliphatic carbocycles. The molecule has 2 aromatic rings. The molecule has 0 saturated carbocycles. The van der Waals surface area contributed by atoms with E-state index in [-0.39, 0.29) is 6.61 Å². The molecule has 1 amide bonds. The van der Waals surface area contributed by atoms with Crippen molar-refractivity contribution in [3.05, 3.63) is 64.7 Å². The van der Waals surface area contributed by atoms with Crippen LogP contribution in [0.4, 0.5) is 4.79 Å². The number of hydrogen-bond acceptors (Lipinski definition) is 5. The second kappa shape index (κ2) is 9.78. The molecule has 6 nitrogen and oxygen atoms in total. The summed E-state index contributed by atoms with van der Waals surface area (Å²) < 4.78 is 10.9. The van der Waals surface area contributed by atoms with E-state index >= 15 is 0 Å². The van der Waals surface area contributed by atoms with E-state index in [1.807, 2.05) is 51.1 Å². The Morgan fingerprint density at radius 1 is 1.18 bits per heavy atom. The van der Waals surface area contributed by atoms with Gasteiger partial charge in [-0.1, -0.05) is 48.0 Å². The van der Waals surface area contributed by atoms with Crippen molar-refractivity contribution in [2.45, 2.75) is 45.1 Å². The van der Waals surface area contributed by atoms with Gasteiger partial charge in [0.1, 0.15) is 24.1 Å². The molecule has 0 saturated heterocycles. The number of ether oxygens (including phenoxy) is 2. The molecule has 0 radical (unpaired) electrons. The van der Waals surface area contributed by atoms with Crippen molar-refractivity contribution in [3.63, 3.8) is 0 Å². The van der Waals surface area contributed by atoms with Crippen LogP contribution in [0.1, 0.15) is 38.0 Å². The van der Waals surface area contributed by atoms with Gasteiger partial charge in [0, 0.05) is 0 Å². The van der Waals surface area contributed by atoms with E-state index in [9.17, 15) is 15.0 Å². The lowest BCUT2D eigenvalue weighted by atomic mass is 10.0. The fraction of sp³-hybridized carbons (Fsp3) is 0.381. The molecule has 28 heavy (non-hydrogen) atoms. The first kappa shape index (κ1) is 22.0. The van der Waals surface area contributed by atoms with E-state index in [1.54, 1.807) is 18.2 Å². The van der Waals surface area contributed by atoms with Crippen LogP contribution in [-0.2, 0) is 11.3 Å². The number of benzene rings is 2. The SMILES string of the molecule is CC(C)(C)Oc1ccc([C@@H](O)[C@@H](CO)NC(=O)OCc2ccccc2)cc1Cl. The third-order valence-corrected chi connectivity index (χ3v) is 4.10. The minimum absolute atomic E-state index is 0.0889. The van der Waals surface area contributed by atoms with Gasteiger partial charge >= 0.3 is 6.09 Å². The normalized spacial score (nSPS) is 13.5. The molecule has 2 rings (SSSR count). The maximum Gasteiger partial charge on any atom is 0.407 e. The predicted molar refractivity (Wildman–Crippen MR) is 107 cm³/mol. The van der Waals surface area contributed by atoms with E-state index in [0.29, 0.717) is 16.3 Å². The third kappa shape index (κ3) is 6.71. The molecule has 0 fully saturated rings. The summed E-state index contributed by atoms with van der Waals surface area (Å²) in [6.07, 6.45) is -1.91. The van der Waals surface area contributed by atoms with Crippen molar-refractivity contribution in [1.82, 2.24) is 5.32 Å². The Morgan fingerprint density at radius 3 is 2.43 bits per heavy atom. The monoisotopic (exact) mass is 407 g/mol. The molecular formula is C21H26ClNO5. The highest BCUT2D eigenvalue weighted by Crippen LogP contribution is 2.31. The fourth-order valence-electron chi connectivity index (χ4n) is 2.49. The number of carbonyl (C=O) groups excluding carboxylic acids is 1. The molecule has 3 N–H and O–H groups in total.